The van der Waals surface area contributed by atoms with Gasteiger partial charge in [0.15, 0.2) is 5.13 Å². The largest absolute Gasteiger partial charge is 0.416 e. The van der Waals surface area contributed by atoms with Crippen LogP contribution in [0.2, 0.25) is 0 Å². The average molecular weight is 497 g/mol. The summed E-state index contributed by atoms with van der Waals surface area (Å²) in [5, 5.41) is 11.5. The van der Waals surface area contributed by atoms with Gasteiger partial charge in [0.2, 0.25) is 0 Å². The number of nitrogens with zero attached hydrogens (tertiary/aromatic N) is 4. The van der Waals surface area contributed by atoms with Gasteiger partial charge in [0.05, 0.1) is 15.9 Å². The van der Waals surface area contributed by atoms with Crippen LogP contribution in [0.1, 0.15) is 50.5 Å². The number of alkyl halides is 3. The summed E-state index contributed by atoms with van der Waals surface area (Å²) in [5.41, 5.74) is -2.67. The molecule has 0 bridgehead atoms. The van der Waals surface area contributed by atoms with E-state index in [9.17, 15) is 28.1 Å². The number of aromatic nitrogens is 1. The Morgan fingerprint density at radius 2 is 1.88 bits per heavy atom. The van der Waals surface area contributed by atoms with Crippen LogP contribution in [0.4, 0.5) is 24.0 Å². The molecule has 34 heavy (non-hydrogen) atoms. The number of fused-ring (bicyclic) bond motifs is 1. The number of hydrogen-bond donors (Lipinski definition) is 0. The summed E-state index contributed by atoms with van der Waals surface area (Å²) in [6.45, 7) is 4.57. The maximum absolute atomic E-state index is 13.2. The monoisotopic (exact) mass is 496 g/mol. The van der Waals surface area contributed by atoms with Crippen molar-refractivity contribution < 1.29 is 18.1 Å². The molecule has 1 aliphatic carbocycles. The van der Waals surface area contributed by atoms with Crippen LogP contribution >= 0.6 is 11.3 Å². The molecule has 3 aliphatic rings. The summed E-state index contributed by atoms with van der Waals surface area (Å²) in [6.07, 6.45) is 3.81. The molecule has 3 fully saturated rings. The van der Waals surface area contributed by atoms with Crippen LogP contribution in [0, 0.1) is 21.4 Å². The van der Waals surface area contributed by atoms with Crippen molar-refractivity contribution in [3.63, 3.8) is 0 Å². The Kier molecular flexibility index (Phi) is 6.04. The van der Waals surface area contributed by atoms with E-state index in [2.05, 4.69) is 9.88 Å². The predicted octanol–water partition coefficient (Wildman–Crippen LogP) is 5.07. The summed E-state index contributed by atoms with van der Waals surface area (Å²) >= 11 is 0.936. The Hall–Kier alpha value is -2.27. The van der Waals surface area contributed by atoms with Crippen molar-refractivity contribution in [2.75, 3.05) is 37.6 Å². The van der Waals surface area contributed by atoms with Gasteiger partial charge in [0, 0.05) is 37.7 Å². The smallest absolute Gasteiger partial charge is 0.347 e. The van der Waals surface area contributed by atoms with Crippen molar-refractivity contribution in [1.82, 2.24) is 9.88 Å². The van der Waals surface area contributed by atoms with E-state index in [1.165, 1.54) is 32.1 Å². The molecule has 3 heterocycles. The lowest BCUT2D eigenvalue weighted by molar-refractivity contribution is -0.383. The number of nitro groups is 1. The number of nitro benzene ring substituents is 1. The molecule has 5 rings (SSSR count). The van der Waals surface area contributed by atoms with E-state index in [-0.39, 0.29) is 15.5 Å². The third-order valence-corrected chi connectivity index (χ3v) is 8.85. The van der Waals surface area contributed by atoms with E-state index in [0.29, 0.717) is 30.4 Å². The van der Waals surface area contributed by atoms with Gasteiger partial charge in [0.25, 0.3) is 11.2 Å². The van der Waals surface area contributed by atoms with Crippen LogP contribution < -0.4 is 10.5 Å². The van der Waals surface area contributed by atoms with Gasteiger partial charge in [-0.2, -0.15) is 18.2 Å². The van der Waals surface area contributed by atoms with Crippen molar-refractivity contribution in [1.29, 1.82) is 0 Å². The Balaban J connectivity index is 1.38. The minimum absolute atomic E-state index is 0.0562. The highest BCUT2D eigenvalue weighted by molar-refractivity contribution is 7.22. The van der Waals surface area contributed by atoms with Crippen LogP contribution in [-0.2, 0) is 6.18 Å². The molecule has 2 aliphatic heterocycles. The van der Waals surface area contributed by atoms with E-state index < -0.39 is 27.9 Å². The SMILES string of the molecule is O=c1nc(N2CCC3(CCN(CC4CCCCC4)C3)C2)sc2c([N+](=O)[O-])cc(C(F)(F)F)cc12. The van der Waals surface area contributed by atoms with Crippen LogP contribution in [0.5, 0.6) is 0 Å². The highest BCUT2D eigenvalue weighted by Crippen LogP contribution is 2.44. The van der Waals surface area contributed by atoms with Crippen molar-refractivity contribution in [3.05, 3.63) is 38.2 Å². The van der Waals surface area contributed by atoms with Gasteiger partial charge in [-0.3, -0.25) is 14.9 Å². The van der Waals surface area contributed by atoms with Gasteiger partial charge in [-0.25, -0.2) is 0 Å². The predicted molar refractivity (Wildman–Crippen MR) is 124 cm³/mol. The molecular formula is C23H27F3N4O3S. The first-order chi connectivity index (χ1) is 16.1. The fourth-order valence-electron chi connectivity index (χ4n) is 5.93. The van der Waals surface area contributed by atoms with E-state index in [0.717, 1.165) is 49.7 Å². The molecule has 1 aromatic heterocycles. The molecule has 0 radical (unpaired) electrons. The molecule has 0 amide bonds. The second-order valence-electron chi connectivity index (χ2n) is 10.1. The Morgan fingerprint density at radius 1 is 1.15 bits per heavy atom. The molecule has 184 valence electrons. The Morgan fingerprint density at radius 3 is 2.59 bits per heavy atom. The standard InChI is InChI=1S/C23H27F3N4O3S/c24-23(25,26)16-10-17-19(18(11-16)30(32)33)34-21(27-20(17)31)29-9-7-22(14-29)6-8-28(13-22)12-15-4-2-1-3-5-15/h10-11,15H,1-9,12-14H2. The lowest BCUT2D eigenvalue weighted by atomic mass is 9.86. The van der Waals surface area contributed by atoms with E-state index in [4.69, 9.17) is 0 Å². The highest BCUT2D eigenvalue weighted by Gasteiger charge is 2.44. The van der Waals surface area contributed by atoms with Crippen molar-refractivity contribution in [2.45, 2.75) is 51.1 Å². The molecule has 1 atom stereocenters. The lowest BCUT2D eigenvalue weighted by Gasteiger charge is -2.29. The van der Waals surface area contributed by atoms with Crippen molar-refractivity contribution >= 4 is 32.2 Å². The van der Waals surface area contributed by atoms with Crippen molar-refractivity contribution in [3.8, 4) is 0 Å². The number of halogens is 3. The summed E-state index contributed by atoms with van der Waals surface area (Å²) in [4.78, 5) is 32.0. The molecule has 1 spiro atoms. The van der Waals surface area contributed by atoms with Gasteiger partial charge < -0.3 is 9.80 Å². The van der Waals surface area contributed by atoms with Crippen LogP contribution in [0.25, 0.3) is 10.1 Å². The van der Waals surface area contributed by atoms with E-state index >= 15 is 0 Å². The second-order valence-corrected chi connectivity index (χ2v) is 11.1. The molecular weight excluding hydrogens is 469 g/mol. The average Bonchev–Trinajstić information content (AvgIpc) is 3.39. The molecule has 1 aromatic carbocycles. The first-order valence-corrected chi connectivity index (χ1v) is 12.6. The molecule has 0 N–H and O–H groups in total. The van der Waals surface area contributed by atoms with Crippen LogP contribution in [0.15, 0.2) is 16.9 Å². The van der Waals surface area contributed by atoms with Gasteiger partial charge in [-0.05, 0) is 44.2 Å². The fourth-order valence-corrected chi connectivity index (χ4v) is 7.02. The molecule has 2 saturated heterocycles. The third-order valence-electron chi connectivity index (χ3n) is 7.68. The summed E-state index contributed by atoms with van der Waals surface area (Å²) in [5.74, 6) is 0.774. The summed E-state index contributed by atoms with van der Waals surface area (Å²) in [6, 6.07) is 1.18. The number of anilines is 1. The maximum Gasteiger partial charge on any atom is 0.416 e. The fraction of sp³-hybridized carbons (Fsp3) is 0.652. The zero-order chi connectivity index (χ0) is 24.1. The molecule has 1 unspecified atom stereocenters. The second kappa shape index (κ2) is 8.75. The van der Waals surface area contributed by atoms with Gasteiger partial charge >= 0.3 is 6.18 Å². The summed E-state index contributed by atoms with van der Waals surface area (Å²) < 4.78 is 39.6. The topological polar surface area (TPSA) is 79.6 Å². The van der Waals surface area contributed by atoms with Crippen molar-refractivity contribution in [2.24, 2.45) is 11.3 Å². The number of benzene rings is 1. The van der Waals surface area contributed by atoms with Gasteiger partial charge in [-0.1, -0.05) is 30.6 Å². The first-order valence-electron chi connectivity index (χ1n) is 11.8. The number of rotatable bonds is 4. The van der Waals surface area contributed by atoms with E-state index in [1.807, 2.05) is 4.90 Å². The van der Waals surface area contributed by atoms with Gasteiger partial charge in [0.1, 0.15) is 4.70 Å². The Labute approximate surface area is 198 Å². The van der Waals surface area contributed by atoms with Crippen LogP contribution in [-0.4, -0.2) is 47.5 Å². The summed E-state index contributed by atoms with van der Waals surface area (Å²) in [7, 11) is 0. The number of likely N-dealkylation sites (tertiary alicyclic amines) is 1. The molecule has 11 heteroatoms. The van der Waals surface area contributed by atoms with Gasteiger partial charge in [-0.15, -0.1) is 0 Å². The van der Waals surface area contributed by atoms with Crippen LogP contribution in [0.3, 0.4) is 0 Å². The minimum Gasteiger partial charge on any atom is -0.347 e. The third kappa shape index (κ3) is 4.51. The highest BCUT2D eigenvalue weighted by atomic mass is 32.1. The lowest BCUT2D eigenvalue weighted by Crippen LogP contribution is -2.34. The zero-order valence-corrected chi connectivity index (χ0v) is 19.6. The van der Waals surface area contributed by atoms with E-state index in [1.54, 1.807) is 0 Å². The normalized spacial score (nSPS) is 24.5. The Bertz CT molecular complexity index is 1160. The quantitative estimate of drug-likeness (QED) is 0.435. The first kappa shape index (κ1) is 23.5. The molecule has 1 saturated carbocycles. The zero-order valence-electron chi connectivity index (χ0n) is 18.8. The molecule has 2 aromatic rings. The molecule has 7 nitrogen and oxygen atoms in total. The minimum atomic E-state index is -4.79. The maximum atomic E-state index is 13.2. The number of non-ortho nitro benzene ring substituents is 1. The number of hydrogen-bond acceptors (Lipinski definition) is 7.